The van der Waals surface area contributed by atoms with Gasteiger partial charge in [-0.1, -0.05) is 0 Å². The van der Waals surface area contributed by atoms with Crippen molar-refractivity contribution in [1.29, 1.82) is 0 Å². The Labute approximate surface area is 207 Å². The van der Waals surface area contributed by atoms with E-state index in [0.29, 0.717) is 60.1 Å². The number of carbonyl (C=O) groups is 1. The topological polar surface area (TPSA) is 122 Å². The molecule has 10 nitrogen and oxygen atoms in total. The molecule has 0 bridgehead atoms. The summed E-state index contributed by atoms with van der Waals surface area (Å²) in [6.07, 6.45) is 1.72. The predicted molar refractivity (Wildman–Crippen MR) is 130 cm³/mol. The molecule has 0 radical (unpaired) electrons. The van der Waals surface area contributed by atoms with E-state index in [0.717, 1.165) is 18.8 Å². The van der Waals surface area contributed by atoms with Gasteiger partial charge in [-0.05, 0) is 43.0 Å². The van der Waals surface area contributed by atoms with Crippen LogP contribution in [0, 0.1) is 17.7 Å². The quantitative estimate of drug-likeness (QED) is 0.403. The minimum absolute atomic E-state index is 0.00172. The first-order chi connectivity index (χ1) is 17.5. The zero-order valence-electron chi connectivity index (χ0n) is 20.0. The molecular weight excluding hydrogens is 467 g/mol. The standard InChI is InChI=1S/C25H29FN6O4/c1-35-23-5-3-20-24(31-23)18(19(26)10-28-20)6-7-32-11-15(16(12-32)13-33)8-27-9-17-2-4-21-25(29-17)30-22(34)14-36-21/h2-5,10,15-16,27,33H,6-9,11-14H2,1H3,(H,29,30,34)/t15-,16-/m1/s1. The van der Waals surface area contributed by atoms with Crippen molar-refractivity contribution in [3.05, 3.63) is 47.5 Å². The Bertz CT molecular complexity index is 1260. The van der Waals surface area contributed by atoms with E-state index in [1.807, 2.05) is 6.07 Å². The molecule has 2 aliphatic heterocycles. The third-order valence-electron chi connectivity index (χ3n) is 6.76. The van der Waals surface area contributed by atoms with Crippen LogP contribution in [0.4, 0.5) is 10.2 Å². The molecule has 5 heterocycles. The molecule has 0 saturated carbocycles. The van der Waals surface area contributed by atoms with Crippen molar-refractivity contribution < 1.29 is 23.8 Å². The Morgan fingerprint density at radius 1 is 1.25 bits per heavy atom. The number of carbonyl (C=O) groups excluding carboxylic acids is 1. The number of anilines is 1. The van der Waals surface area contributed by atoms with Crippen molar-refractivity contribution in [1.82, 2.24) is 25.2 Å². The Morgan fingerprint density at radius 2 is 2.11 bits per heavy atom. The molecule has 11 heteroatoms. The number of nitrogens with zero attached hydrogens (tertiary/aromatic N) is 4. The number of likely N-dealkylation sites (tertiary alicyclic amines) is 1. The molecule has 0 unspecified atom stereocenters. The van der Waals surface area contributed by atoms with Crippen molar-refractivity contribution in [2.75, 3.05) is 51.8 Å². The zero-order chi connectivity index (χ0) is 25.1. The first kappa shape index (κ1) is 24.3. The Morgan fingerprint density at radius 3 is 2.94 bits per heavy atom. The molecule has 2 aliphatic rings. The highest BCUT2D eigenvalue weighted by atomic mass is 19.1. The lowest BCUT2D eigenvalue weighted by molar-refractivity contribution is -0.118. The van der Waals surface area contributed by atoms with E-state index in [9.17, 15) is 14.3 Å². The summed E-state index contributed by atoms with van der Waals surface area (Å²) < 4.78 is 25.2. The zero-order valence-corrected chi connectivity index (χ0v) is 20.0. The van der Waals surface area contributed by atoms with Crippen molar-refractivity contribution >= 4 is 22.8 Å². The highest BCUT2D eigenvalue weighted by molar-refractivity contribution is 5.94. The molecule has 2 atom stereocenters. The van der Waals surface area contributed by atoms with Crippen LogP contribution in [0.3, 0.4) is 0 Å². The van der Waals surface area contributed by atoms with Crippen molar-refractivity contribution in [3.63, 3.8) is 0 Å². The van der Waals surface area contributed by atoms with E-state index < -0.39 is 0 Å². The van der Waals surface area contributed by atoms with E-state index in [-0.39, 0.29) is 36.8 Å². The van der Waals surface area contributed by atoms with Crippen LogP contribution in [-0.4, -0.2) is 77.4 Å². The molecule has 0 aliphatic carbocycles. The highest BCUT2D eigenvalue weighted by Crippen LogP contribution is 2.27. The fourth-order valence-electron chi connectivity index (χ4n) is 4.84. The van der Waals surface area contributed by atoms with Gasteiger partial charge in [-0.15, -0.1) is 0 Å². The van der Waals surface area contributed by atoms with E-state index in [4.69, 9.17) is 9.47 Å². The molecule has 1 fully saturated rings. The van der Waals surface area contributed by atoms with Crippen LogP contribution in [0.1, 0.15) is 11.3 Å². The third-order valence-corrected chi connectivity index (χ3v) is 6.76. The number of methoxy groups -OCH3 is 1. The second-order valence-electron chi connectivity index (χ2n) is 9.14. The van der Waals surface area contributed by atoms with E-state index in [1.54, 1.807) is 18.2 Å². The fraction of sp³-hybridized carbons (Fsp3) is 0.440. The Balaban J connectivity index is 1.17. The number of hydrogen-bond donors (Lipinski definition) is 3. The summed E-state index contributed by atoms with van der Waals surface area (Å²) in [7, 11) is 1.53. The molecular formula is C25H29FN6O4. The summed E-state index contributed by atoms with van der Waals surface area (Å²) in [5.74, 6) is 1.20. The number of amides is 1. The van der Waals surface area contributed by atoms with Gasteiger partial charge in [-0.25, -0.2) is 14.4 Å². The van der Waals surface area contributed by atoms with Gasteiger partial charge < -0.3 is 30.1 Å². The second-order valence-corrected chi connectivity index (χ2v) is 9.14. The molecule has 1 amide bonds. The molecule has 3 aromatic heterocycles. The molecule has 3 aromatic rings. The maximum absolute atomic E-state index is 14.7. The number of aliphatic hydroxyl groups is 1. The molecule has 3 N–H and O–H groups in total. The minimum atomic E-state index is -0.376. The number of nitrogens with one attached hydrogen (secondary N) is 2. The van der Waals surface area contributed by atoms with E-state index in [1.165, 1.54) is 13.3 Å². The monoisotopic (exact) mass is 496 g/mol. The van der Waals surface area contributed by atoms with Gasteiger partial charge in [0.15, 0.2) is 18.2 Å². The van der Waals surface area contributed by atoms with Crippen molar-refractivity contribution in [3.8, 4) is 11.6 Å². The normalized spacial score (nSPS) is 19.7. The average molecular weight is 497 g/mol. The largest absolute Gasteiger partial charge is 0.481 e. The maximum Gasteiger partial charge on any atom is 0.263 e. The van der Waals surface area contributed by atoms with Gasteiger partial charge >= 0.3 is 0 Å². The first-order valence-corrected chi connectivity index (χ1v) is 12.0. The second kappa shape index (κ2) is 10.7. The van der Waals surface area contributed by atoms with Gasteiger partial charge in [0.2, 0.25) is 5.88 Å². The lowest BCUT2D eigenvalue weighted by Crippen LogP contribution is -2.30. The number of ether oxygens (including phenoxy) is 2. The van der Waals surface area contributed by atoms with Crippen LogP contribution >= 0.6 is 0 Å². The summed E-state index contributed by atoms with van der Waals surface area (Å²) in [6.45, 7) is 3.50. The van der Waals surface area contributed by atoms with Gasteiger partial charge in [-0.2, -0.15) is 0 Å². The number of fused-ring (bicyclic) bond motifs is 2. The Hall–Kier alpha value is -3.41. The number of aliphatic hydroxyl groups excluding tert-OH is 1. The number of hydrogen-bond acceptors (Lipinski definition) is 9. The summed E-state index contributed by atoms with van der Waals surface area (Å²) in [4.78, 5) is 26.8. The predicted octanol–water partition coefficient (Wildman–Crippen LogP) is 1.38. The SMILES string of the molecule is COc1ccc2ncc(F)c(CCN3C[C@@H](CNCc4ccc5c(n4)NC(=O)CO5)[C@@H](CO)C3)c2n1. The van der Waals surface area contributed by atoms with Crippen LogP contribution in [0.15, 0.2) is 30.5 Å². The third kappa shape index (κ3) is 5.23. The lowest BCUT2D eigenvalue weighted by Gasteiger charge is -2.19. The van der Waals surface area contributed by atoms with Crippen LogP contribution in [0.2, 0.25) is 0 Å². The summed E-state index contributed by atoms with van der Waals surface area (Å²) >= 11 is 0. The van der Waals surface area contributed by atoms with Crippen LogP contribution < -0.4 is 20.1 Å². The number of pyridine rings is 3. The molecule has 0 spiro atoms. The van der Waals surface area contributed by atoms with Gasteiger partial charge in [0, 0.05) is 44.4 Å². The highest BCUT2D eigenvalue weighted by Gasteiger charge is 2.32. The molecule has 36 heavy (non-hydrogen) atoms. The molecule has 190 valence electrons. The van der Waals surface area contributed by atoms with E-state index in [2.05, 4.69) is 30.5 Å². The minimum Gasteiger partial charge on any atom is -0.481 e. The van der Waals surface area contributed by atoms with Gasteiger partial charge in [0.25, 0.3) is 5.91 Å². The number of halogens is 1. The van der Waals surface area contributed by atoms with Crippen LogP contribution in [0.5, 0.6) is 11.6 Å². The van der Waals surface area contributed by atoms with Crippen LogP contribution in [-0.2, 0) is 17.8 Å². The molecule has 5 rings (SSSR count). The summed E-state index contributed by atoms with van der Waals surface area (Å²) in [6, 6.07) is 7.16. The number of rotatable bonds is 9. The summed E-state index contributed by atoms with van der Waals surface area (Å²) in [5, 5.41) is 16.1. The number of aromatic nitrogens is 3. The summed E-state index contributed by atoms with van der Waals surface area (Å²) in [5.41, 5.74) is 2.46. The van der Waals surface area contributed by atoms with Gasteiger partial charge in [0.05, 0.1) is 30.0 Å². The first-order valence-electron chi connectivity index (χ1n) is 12.0. The average Bonchev–Trinajstić information content (AvgIpc) is 3.29. The van der Waals surface area contributed by atoms with Crippen molar-refractivity contribution in [2.45, 2.75) is 13.0 Å². The molecule has 1 saturated heterocycles. The Kier molecular flexibility index (Phi) is 7.21. The van der Waals surface area contributed by atoms with Crippen molar-refractivity contribution in [2.24, 2.45) is 11.8 Å². The van der Waals surface area contributed by atoms with E-state index >= 15 is 0 Å². The van der Waals surface area contributed by atoms with Gasteiger partial charge in [-0.3, -0.25) is 9.78 Å². The fourth-order valence-corrected chi connectivity index (χ4v) is 4.84. The lowest BCUT2D eigenvalue weighted by atomic mass is 9.97. The smallest absolute Gasteiger partial charge is 0.263 e. The molecule has 0 aromatic carbocycles. The van der Waals surface area contributed by atoms with Gasteiger partial charge in [0.1, 0.15) is 5.82 Å². The van der Waals surface area contributed by atoms with Crippen LogP contribution in [0.25, 0.3) is 11.0 Å². The maximum atomic E-state index is 14.7.